The molecular formula is C23H37N3O2. The van der Waals surface area contributed by atoms with Crippen LogP contribution in [-0.2, 0) is 16.1 Å². The lowest BCUT2D eigenvalue weighted by molar-refractivity contribution is -0.127. The molecule has 1 amide bonds. The molecule has 2 aliphatic heterocycles. The predicted octanol–water partition coefficient (Wildman–Crippen LogP) is 2.74. The van der Waals surface area contributed by atoms with Crippen LogP contribution in [0.5, 0.6) is 0 Å². The summed E-state index contributed by atoms with van der Waals surface area (Å²) in [6, 6.07) is 7.42. The number of hydrogen-bond acceptors (Lipinski definition) is 4. The molecular weight excluding hydrogens is 350 g/mol. The Balaban J connectivity index is 1.45. The number of carbonyl (C=O) groups is 1. The molecule has 0 unspecified atom stereocenters. The zero-order chi connectivity index (χ0) is 19.9. The van der Waals surface area contributed by atoms with Crippen LogP contribution in [0.3, 0.4) is 0 Å². The molecule has 2 aliphatic rings. The fourth-order valence-corrected chi connectivity index (χ4v) is 4.68. The summed E-state index contributed by atoms with van der Waals surface area (Å²) in [7, 11) is 1.67. The smallest absolute Gasteiger partial charge is 0.224 e. The Hall–Kier alpha value is -1.43. The number of nitrogens with zero attached hydrogens (tertiary/aromatic N) is 2. The van der Waals surface area contributed by atoms with Crippen molar-refractivity contribution in [3.8, 4) is 0 Å². The molecule has 28 heavy (non-hydrogen) atoms. The van der Waals surface area contributed by atoms with Gasteiger partial charge in [0.05, 0.1) is 12.5 Å². The summed E-state index contributed by atoms with van der Waals surface area (Å²) in [4.78, 5) is 17.6. The van der Waals surface area contributed by atoms with Crippen LogP contribution in [-0.4, -0.2) is 68.2 Å². The third kappa shape index (κ3) is 5.79. The molecule has 5 heteroatoms. The second-order valence-corrected chi connectivity index (χ2v) is 8.56. The van der Waals surface area contributed by atoms with Gasteiger partial charge in [0, 0.05) is 32.8 Å². The van der Waals surface area contributed by atoms with Crippen LogP contribution in [0.25, 0.3) is 0 Å². The van der Waals surface area contributed by atoms with Crippen LogP contribution in [0.4, 0.5) is 0 Å². The predicted molar refractivity (Wildman–Crippen MR) is 113 cm³/mol. The maximum absolute atomic E-state index is 12.4. The highest BCUT2D eigenvalue weighted by Gasteiger charge is 2.31. The van der Waals surface area contributed by atoms with Crippen molar-refractivity contribution in [3.63, 3.8) is 0 Å². The van der Waals surface area contributed by atoms with E-state index in [1.165, 1.54) is 29.5 Å². The van der Waals surface area contributed by atoms with Crippen molar-refractivity contribution in [2.45, 2.75) is 52.1 Å². The number of piperidine rings is 2. The molecule has 2 saturated heterocycles. The molecule has 1 aromatic rings. The largest absolute Gasteiger partial charge is 0.383 e. The number of likely N-dealkylation sites (tertiary alicyclic amines) is 2. The third-order valence-corrected chi connectivity index (χ3v) is 6.39. The number of benzene rings is 1. The van der Waals surface area contributed by atoms with Crippen molar-refractivity contribution in [1.82, 2.24) is 15.1 Å². The van der Waals surface area contributed by atoms with Crippen molar-refractivity contribution < 1.29 is 9.53 Å². The molecule has 0 spiro atoms. The number of hydrogen-bond donors (Lipinski definition) is 1. The van der Waals surface area contributed by atoms with Crippen LogP contribution in [0, 0.1) is 19.8 Å². The average molecular weight is 388 g/mol. The third-order valence-electron chi connectivity index (χ3n) is 6.39. The van der Waals surface area contributed by atoms with Crippen molar-refractivity contribution in [2.75, 3.05) is 46.4 Å². The van der Waals surface area contributed by atoms with Gasteiger partial charge in [-0.05, 0) is 70.3 Å². The fraction of sp³-hybridized carbons (Fsp3) is 0.696. The van der Waals surface area contributed by atoms with E-state index in [4.69, 9.17) is 4.74 Å². The van der Waals surface area contributed by atoms with E-state index in [-0.39, 0.29) is 11.8 Å². The number of aryl methyl sites for hydroxylation is 2. The highest BCUT2D eigenvalue weighted by Crippen LogP contribution is 2.25. The van der Waals surface area contributed by atoms with Crippen molar-refractivity contribution in [2.24, 2.45) is 5.92 Å². The quantitative estimate of drug-likeness (QED) is 0.731. The zero-order valence-electron chi connectivity index (χ0n) is 17.9. The molecule has 156 valence electrons. The summed E-state index contributed by atoms with van der Waals surface area (Å²) >= 11 is 0. The van der Waals surface area contributed by atoms with Gasteiger partial charge < -0.3 is 10.1 Å². The minimum absolute atomic E-state index is 0.138. The van der Waals surface area contributed by atoms with Gasteiger partial charge in [-0.3, -0.25) is 14.6 Å². The van der Waals surface area contributed by atoms with Gasteiger partial charge in [0.2, 0.25) is 5.91 Å². The van der Waals surface area contributed by atoms with Crippen LogP contribution in [0.2, 0.25) is 0 Å². The zero-order valence-corrected chi connectivity index (χ0v) is 17.9. The molecule has 0 saturated carbocycles. The van der Waals surface area contributed by atoms with E-state index in [0.717, 1.165) is 45.6 Å². The average Bonchev–Trinajstić information content (AvgIpc) is 2.71. The summed E-state index contributed by atoms with van der Waals surface area (Å²) in [5, 5.41) is 3.02. The fourth-order valence-electron chi connectivity index (χ4n) is 4.68. The first-order valence-electron chi connectivity index (χ1n) is 10.9. The Labute approximate surface area is 170 Å². The number of ether oxygens (including phenoxy) is 1. The van der Waals surface area contributed by atoms with Gasteiger partial charge in [-0.15, -0.1) is 0 Å². The topological polar surface area (TPSA) is 44.8 Å². The molecule has 1 atom stereocenters. The SMILES string of the molecule is COCCNC(=O)[C@@H]1CCCN(C2CCN(Cc3ccc(C)cc3C)CC2)C1. The van der Waals surface area contributed by atoms with E-state index < -0.39 is 0 Å². The summed E-state index contributed by atoms with van der Waals surface area (Å²) in [5.41, 5.74) is 4.20. The number of rotatable bonds is 7. The molecule has 5 nitrogen and oxygen atoms in total. The summed E-state index contributed by atoms with van der Waals surface area (Å²) in [6.45, 7) is 11.0. The molecule has 0 aliphatic carbocycles. The maximum atomic E-state index is 12.4. The Morgan fingerprint density at radius 1 is 1.18 bits per heavy atom. The molecule has 0 aromatic heterocycles. The summed E-state index contributed by atoms with van der Waals surface area (Å²) in [6.07, 6.45) is 4.57. The Kier molecular flexibility index (Phi) is 7.89. The molecule has 3 rings (SSSR count). The maximum Gasteiger partial charge on any atom is 0.224 e. The Bertz CT molecular complexity index is 641. The number of nitrogens with one attached hydrogen (secondary N) is 1. The van der Waals surface area contributed by atoms with Gasteiger partial charge in [-0.1, -0.05) is 23.8 Å². The van der Waals surface area contributed by atoms with Gasteiger partial charge in [0.15, 0.2) is 0 Å². The second kappa shape index (κ2) is 10.4. The van der Waals surface area contributed by atoms with E-state index >= 15 is 0 Å². The van der Waals surface area contributed by atoms with Gasteiger partial charge in [-0.2, -0.15) is 0 Å². The van der Waals surface area contributed by atoms with Crippen LogP contribution in [0.15, 0.2) is 18.2 Å². The van der Waals surface area contributed by atoms with Crippen LogP contribution >= 0.6 is 0 Å². The normalized spacial score (nSPS) is 22.3. The molecule has 0 radical (unpaired) electrons. The number of amides is 1. The van der Waals surface area contributed by atoms with E-state index in [1.807, 2.05) is 0 Å². The lowest BCUT2D eigenvalue weighted by Crippen LogP contribution is -2.50. The molecule has 1 N–H and O–H groups in total. The van der Waals surface area contributed by atoms with E-state index in [9.17, 15) is 4.79 Å². The van der Waals surface area contributed by atoms with Crippen molar-refractivity contribution in [1.29, 1.82) is 0 Å². The van der Waals surface area contributed by atoms with Crippen molar-refractivity contribution in [3.05, 3.63) is 34.9 Å². The van der Waals surface area contributed by atoms with E-state index in [2.05, 4.69) is 47.2 Å². The van der Waals surface area contributed by atoms with Gasteiger partial charge in [0.1, 0.15) is 0 Å². The van der Waals surface area contributed by atoms with E-state index in [0.29, 0.717) is 19.2 Å². The van der Waals surface area contributed by atoms with Gasteiger partial charge in [0.25, 0.3) is 0 Å². The lowest BCUT2D eigenvalue weighted by atomic mass is 9.93. The van der Waals surface area contributed by atoms with Crippen molar-refractivity contribution >= 4 is 5.91 Å². The standard InChI is InChI=1S/C23H37N3O2/c1-18-6-7-20(19(2)15-18)16-25-12-8-22(9-13-25)26-11-4-5-21(17-26)23(27)24-10-14-28-3/h6-7,15,21-22H,4-5,8-14,16-17H2,1-3H3,(H,24,27)/t21-/m1/s1. The van der Waals surface area contributed by atoms with E-state index in [1.54, 1.807) is 7.11 Å². The highest BCUT2D eigenvalue weighted by atomic mass is 16.5. The Morgan fingerprint density at radius 3 is 2.68 bits per heavy atom. The molecule has 0 bridgehead atoms. The van der Waals surface area contributed by atoms with Crippen LogP contribution < -0.4 is 5.32 Å². The van der Waals surface area contributed by atoms with Gasteiger partial charge in [-0.25, -0.2) is 0 Å². The van der Waals surface area contributed by atoms with Gasteiger partial charge >= 0.3 is 0 Å². The number of carbonyl (C=O) groups excluding carboxylic acids is 1. The minimum Gasteiger partial charge on any atom is -0.383 e. The number of methoxy groups -OCH3 is 1. The molecule has 2 fully saturated rings. The first-order chi connectivity index (χ1) is 13.6. The molecule has 2 heterocycles. The first kappa shape index (κ1) is 21.3. The first-order valence-corrected chi connectivity index (χ1v) is 10.9. The summed E-state index contributed by atoms with van der Waals surface area (Å²) < 4.78 is 5.03. The highest BCUT2D eigenvalue weighted by molar-refractivity contribution is 5.78. The molecule has 1 aromatic carbocycles. The second-order valence-electron chi connectivity index (χ2n) is 8.56. The Morgan fingerprint density at radius 2 is 1.96 bits per heavy atom. The lowest BCUT2D eigenvalue weighted by Gasteiger charge is -2.42. The van der Waals surface area contributed by atoms with Crippen LogP contribution in [0.1, 0.15) is 42.4 Å². The summed E-state index contributed by atoms with van der Waals surface area (Å²) in [5.74, 6) is 0.341. The minimum atomic E-state index is 0.138. The monoisotopic (exact) mass is 387 g/mol.